The molecular formula is C21H23ClFNO5S. The van der Waals surface area contributed by atoms with E-state index < -0.39 is 15.9 Å². The summed E-state index contributed by atoms with van der Waals surface area (Å²) in [5, 5.41) is 0.388. The second-order valence-corrected chi connectivity index (χ2v) is 9.11. The number of amides is 1. The second-order valence-electron chi connectivity index (χ2n) is 7.12. The van der Waals surface area contributed by atoms with E-state index >= 15 is 0 Å². The molecule has 0 atom stereocenters. The Bertz CT molecular complexity index is 993. The van der Waals surface area contributed by atoms with E-state index in [0.717, 1.165) is 43.5 Å². The summed E-state index contributed by atoms with van der Waals surface area (Å²) in [7, 11) is -2.64. The molecule has 0 aromatic heterocycles. The number of benzene rings is 2. The van der Waals surface area contributed by atoms with Crippen molar-refractivity contribution in [2.24, 2.45) is 5.92 Å². The van der Waals surface area contributed by atoms with Gasteiger partial charge in [-0.15, -0.1) is 0 Å². The van der Waals surface area contributed by atoms with Crippen molar-refractivity contribution in [3.8, 4) is 5.75 Å². The van der Waals surface area contributed by atoms with Gasteiger partial charge in [0.05, 0.1) is 6.61 Å². The summed E-state index contributed by atoms with van der Waals surface area (Å²) in [5.41, 5.74) is 0.456. The molecule has 162 valence electrons. The van der Waals surface area contributed by atoms with Gasteiger partial charge in [0.2, 0.25) is 5.91 Å². The Morgan fingerprint density at radius 2 is 1.90 bits per heavy atom. The van der Waals surface area contributed by atoms with Crippen LogP contribution in [0.2, 0.25) is 5.02 Å². The molecule has 0 unspecified atom stereocenters. The molecule has 1 fully saturated rings. The second kappa shape index (κ2) is 9.76. The number of carbonyl (C=O) groups excluding carboxylic acids is 1. The number of hydrogen-bond donors (Lipinski definition) is 0. The first-order valence-corrected chi connectivity index (χ1v) is 11.3. The van der Waals surface area contributed by atoms with Gasteiger partial charge in [-0.05, 0) is 55.3 Å². The number of ether oxygens (including phenoxy) is 1. The van der Waals surface area contributed by atoms with Crippen LogP contribution in [0.1, 0.15) is 24.8 Å². The maximum absolute atomic E-state index is 13.1. The van der Waals surface area contributed by atoms with E-state index in [-0.39, 0.29) is 29.0 Å². The van der Waals surface area contributed by atoms with Crippen molar-refractivity contribution < 1.29 is 26.5 Å². The Labute approximate surface area is 180 Å². The standard InChI is InChI=1S/C21H23ClFNO5S/c1-28-12-11-24(21(25)15-3-2-4-15)14-16-13-17(22)5-10-20(16)29-30(26,27)19-8-6-18(23)7-9-19/h5-10,13,15H,2-4,11-12,14H2,1H3. The highest BCUT2D eigenvalue weighted by Gasteiger charge is 2.30. The molecule has 1 aliphatic rings. The molecule has 0 heterocycles. The minimum Gasteiger partial charge on any atom is -0.383 e. The van der Waals surface area contributed by atoms with Gasteiger partial charge in [0, 0.05) is 36.7 Å². The minimum atomic E-state index is -4.19. The normalized spacial score (nSPS) is 14.2. The van der Waals surface area contributed by atoms with Crippen LogP contribution >= 0.6 is 11.6 Å². The topological polar surface area (TPSA) is 72.9 Å². The van der Waals surface area contributed by atoms with Gasteiger partial charge in [-0.1, -0.05) is 18.0 Å². The predicted octanol–water partition coefficient (Wildman–Crippen LogP) is 4.02. The van der Waals surface area contributed by atoms with Crippen LogP contribution < -0.4 is 4.18 Å². The molecule has 2 aromatic rings. The van der Waals surface area contributed by atoms with Crippen molar-refractivity contribution in [1.82, 2.24) is 4.90 Å². The first kappa shape index (κ1) is 22.5. The van der Waals surface area contributed by atoms with E-state index in [1.165, 1.54) is 12.1 Å². The summed E-state index contributed by atoms with van der Waals surface area (Å²) in [5.74, 6) is -0.504. The van der Waals surface area contributed by atoms with Gasteiger partial charge in [-0.2, -0.15) is 8.42 Å². The largest absolute Gasteiger partial charge is 0.383 e. The SMILES string of the molecule is COCCN(Cc1cc(Cl)ccc1OS(=O)(=O)c1ccc(F)cc1)C(=O)C1CCC1. The van der Waals surface area contributed by atoms with Crippen LogP contribution in [0.5, 0.6) is 5.75 Å². The van der Waals surface area contributed by atoms with Gasteiger partial charge in [0.15, 0.2) is 0 Å². The highest BCUT2D eigenvalue weighted by Crippen LogP contribution is 2.31. The lowest BCUT2D eigenvalue weighted by Crippen LogP contribution is -2.40. The fourth-order valence-electron chi connectivity index (χ4n) is 3.11. The average molecular weight is 456 g/mol. The van der Waals surface area contributed by atoms with Crippen LogP contribution in [0.3, 0.4) is 0 Å². The summed E-state index contributed by atoms with van der Waals surface area (Å²) in [6.45, 7) is 0.846. The molecule has 0 N–H and O–H groups in total. The summed E-state index contributed by atoms with van der Waals surface area (Å²) < 4.78 is 48.8. The molecule has 0 bridgehead atoms. The maximum atomic E-state index is 13.1. The van der Waals surface area contributed by atoms with Gasteiger partial charge in [-0.25, -0.2) is 4.39 Å². The van der Waals surface area contributed by atoms with Gasteiger partial charge < -0.3 is 13.8 Å². The number of nitrogens with zero attached hydrogens (tertiary/aromatic N) is 1. The van der Waals surface area contributed by atoms with Crippen LogP contribution in [0.4, 0.5) is 4.39 Å². The number of carbonyl (C=O) groups is 1. The molecule has 0 aliphatic heterocycles. The van der Waals surface area contributed by atoms with Gasteiger partial charge in [0.1, 0.15) is 16.5 Å². The molecule has 3 rings (SSSR count). The highest BCUT2D eigenvalue weighted by molar-refractivity contribution is 7.87. The Morgan fingerprint density at radius 1 is 1.20 bits per heavy atom. The third-order valence-electron chi connectivity index (χ3n) is 5.02. The van der Waals surface area contributed by atoms with E-state index in [2.05, 4.69) is 0 Å². The Morgan fingerprint density at radius 3 is 2.50 bits per heavy atom. The molecule has 1 saturated carbocycles. The minimum absolute atomic E-state index is 0.00520. The zero-order chi connectivity index (χ0) is 21.7. The molecular weight excluding hydrogens is 433 g/mol. The number of rotatable bonds is 9. The van der Waals surface area contributed by atoms with Crippen LogP contribution in [-0.4, -0.2) is 39.5 Å². The smallest absolute Gasteiger partial charge is 0.339 e. The third-order valence-corrected chi connectivity index (χ3v) is 6.50. The molecule has 2 aromatic carbocycles. The number of methoxy groups -OCH3 is 1. The number of hydrogen-bond acceptors (Lipinski definition) is 5. The molecule has 9 heteroatoms. The van der Waals surface area contributed by atoms with Crippen molar-refractivity contribution in [2.75, 3.05) is 20.3 Å². The summed E-state index contributed by atoms with van der Waals surface area (Å²) >= 11 is 6.12. The Kier molecular flexibility index (Phi) is 7.33. The molecule has 30 heavy (non-hydrogen) atoms. The van der Waals surface area contributed by atoms with Crippen LogP contribution in [0, 0.1) is 11.7 Å². The average Bonchev–Trinajstić information content (AvgIpc) is 2.66. The summed E-state index contributed by atoms with van der Waals surface area (Å²) in [6, 6.07) is 8.88. The predicted molar refractivity (Wildman–Crippen MR) is 110 cm³/mol. The lowest BCUT2D eigenvalue weighted by Gasteiger charge is -2.32. The lowest BCUT2D eigenvalue weighted by atomic mass is 9.84. The zero-order valence-corrected chi connectivity index (χ0v) is 18.1. The first-order valence-electron chi connectivity index (χ1n) is 9.56. The van der Waals surface area contributed by atoms with Crippen LogP contribution in [0.15, 0.2) is 47.4 Å². The van der Waals surface area contributed by atoms with Crippen LogP contribution in [-0.2, 0) is 26.2 Å². The van der Waals surface area contributed by atoms with Crippen molar-refractivity contribution >= 4 is 27.6 Å². The fourth-order valence-corrected chi connectivity index (χ4v) is 4.27. The van der Waals surface area contributed by atoms with Crippen molar-refractivity contribution in [3.63, 3.8) is 0 Å². The molecule has 1 aliphatic carbocycles. The van der Waals surface area contributed by atoms with Crippen molar-refractivity contribution in [3.05, 3.63) is 58.9 Å². The quantitative estimate of drug-likeness (QED) is 0.534. The molecule has 6 nitrogen and oxygen atoms in total. The molecule has 0 radical (unpaired) electrons. The monoisotopic (exact) mass is 455 g/mol. The molecule has 0 saturated heterocycles. The molecule has 1 amide bonds. The lowest BCUT2D eigenvalue weighted by molar-refractivity contribution is -0.139. The molecule has 0 spiro atoms. The van der Waals surface area contributed by atoms with Crippen LogP contribution in [0.25, 0.3) is 0 Å². The van der Waals surface area contributed by atoms with Gasteiger partial charge in [0.25, 0.3) is 0 Å². The Hall–Kier alpha value is -2.16. The van der Waals surface area contributed by atoms with Gasteiger partial charge >= 0.3 is 10.1 Å². The van der Waals surface area contributed by atoms with E-state index in [9.17, 15) is 17.6 Å². The number of halogens is 2. The fraction of sp³-hybridized carbons (Fsp3) is 0.381. The van der Waals surface area contributed by atoms with E-state index in [0.29, 0.717) is 23.7 Å². The van der Waals surface area contributed by atoms with Crippen molar-refractivity contribution in [1.29, 1.82) is 0 Å². The Balaban J connectivity index is 1.86. The maximum Gasteiger partial charge on any atom is 0.339 e. The zero-order valence-electron chi connectivity index (χ0n) is 16.5. The third kappa shape index (κ3) is 5.50. The van der Waals surface area contributed by atoms with E-state index in [4.69, 9.17) is 20.5 Å². The van der Waals surface area contributed by atoms with E-state index in [1.54, 1.807) is 18.1 Å². The highest BCUT2D eigenvalue weighted by atomic mass is 35.5. The first-order chi connectivity index (χ1) is 14.3. The van der Waals surface area contributed by atoms with E-state index in [1.807, 2.05) is 0 Å². The van der Waals surface area contributed by atoms with Crippen molar-refractivity contribution in [2.45, 2.75) is 30.7 Å². The summed E-state index contributed by atoms with van der Waals surface area (Å²) in [6.07, 6.45) is 2.72. The van der Waals surface area contributed by atoms with Gasteiger partial charge in [-0.3, -0.25) is 4.79 Å². The summed E-state index contributed by atoms with van der Waals surface area (Å²) in [4.78, 5) is 14.3.